The third-order valence-corrected chi connectivity index (χ3v) is 1.68. The van der Waals surface area contributed by atoms with Crippen LogP contribution < -0.4 is 5.32 Å². The van der Waals surface area contributed by atoms with Crippen LogP contribution in [0.25, 0.3) is 0 Å². The highest BCUT2D eigenvalue weighted by atomic mass is 19.1. The number of amides is 1. The van der Waals surface area contributed by atoms with Crippen molar-refractivity contribution in [1.82, 2.24) is 10.3 Å². The summed E-state index contributed by atoms with van der Waals surface area (Å²) in [6, 6.07) is 2.92. The Morgan fingerprint density at radius 3 is 2.92 bits per heavy atom. The number of hydrogen-bond donors (Lipinski definition) is 1. The van der Waals surface area contributed by atoms with Crippen molar-refractivity contribution in [3.8, 4) is 0 Å². The first-order valence-electron chi connectivity index (χ1n) is 4.03. The van der Waals surface area contributed by atoms with Crippen molar-refractivity contribution in [2.45, 2.75) is 12.8 Å². The zero-order valence-corrected chi connectivity index (χ0v) is 7.38. The molecule has 0 saturated heterocycles. The first-order valence-corrected chi connectivity index (χ1v) is 4.03. The molecule has 0 aliphatic heterocycles. The molecule has 0 saturated carbocycles. The minimum absolute atomic E-state index is 0.0360. The van der Waals surface area contributed by atoms with Crippen LogP contribution in [0, 0.1) is 5.82 Å². The van der Waals surface area contributed by atoms with Crippen molar-refractivity contribution in [2.24, 2.45) is 0 Å². The molecule has 13 heavy (non-hydrogen) atoms. The van der Waals surface area contributed by atoms with Crippen molar-refractivity contribution < 1.29 is 9.18 Å². The number of hydrogen-bond acceptors (Lipinski definition) is 2. The van der Waals surface area contributed by atoms with E-state index in [1.165, 1.54) is 6.07 Å². The lowest BCUT2D eigenvalue weighted by molar-refractivity contribution is -0.120. The average Bonchev–Trinajstić information content (AvgIpc) is 2.16. The standard InChI is InChI=1S/C9H11FN2O/c1-11-9(13)5-4-8-3-2-7(10)6-12-8/h2-3,6H,4-5H2,1H3,(H,11,13). The van der Waals surface area contributed by atoms with Crippen molar-refractivity contribution in [1.29, 1.82) is 0 Å². The molecular formula is C9H11FN2O. The second-order valence-corrected chi connectivity index (χ2v) is 2.64. The van der Waals surface area contributed by atoms with Crippen LogP contribution >= 0.6 is 0 Å². The van der Waals surface area contributed by atoms with Crippen LogP contribution in [0.4, 0.5) is 4.39 Å². The maximum atomic E-state index is 12.4. The molecule has 1 aromatic heterocycles. The van der Waals surface area contributed by atoms with E-state index in [1.807, 2.05) is 0 Å². The van der Waals surface area contributed by atoms with Gasteiger partial charge in [0, 0.05) is 19.2 Å². The number of aromatic nitrogens is 1. The van der Waals surface area contributed by atoms with Gasteiger partial charge in [-0.1, -0.05) is 0 Å². The molecular weight excluding hydrogens is 171 g/mol. The molecule has 70 valence electrons. The van der Waals surface area contributed by atoms with E-state index in [-0.39, 0.29) is 11.7 Å². The summed E-state index contributed by atoms with van der Waals surface area (Å²) in [7, 11) is 1.58. The van der Waals surface area contributed by atoms with Crippen LogP contribution in [0.15, 0.2) is 18.3 Å². The molecule has 0 radical (unpaired) electrons. The summed E-state index contributed by atoms with van der Waals surface area (Å²) >= 11 is 0. The smallest absolute Gasteiger partial charge is 0.220 e. The Bertz CT molecular complexity index is 284. The summed E-state index contributed by atoms with van der Waals surface area (Å²) in [6.45, 7) is 0. The monoisotopic (exact) mass is 182 g/mol. The molecule has 1 aromatic rings. The molecule has 0 fully saturated rings. The van der Waals surface area contributed by atoms with Gasteiger partial charge in [-0.2, -0.15) is 0 Å². The Kier molecular flexibility index (Phi) is 3.37. The zero-order chi connectivity index (χ0) is 9.68. The predicted molar refractivity (Wildman–Crippen MR) is 46.6 cm³/mol. The van der Waals surface area contributed by atoms with Gasteiger partial charge >= 0.3 is 0 Å². The molecule has 0 aliphatic rings. The van der Waals surface area contributed by atoms with E-state index in [1.54, 1.807) is 13.1 Å². The number of halogens is 1. The zero-order valence-electron chi connectivity index (χ0n) is 7.38. The molecule has 1 N–H and O–H groups in total. The number of nitrogens with zero attached hydrogens (tertiary/aromatic N) is 1. The normalized spacial score (nSPS) is 9.69. The quantitative estimate of drug-likeness (QED) is 0.754. The number of carbonyl (C=O) groups excluding carboxylic acids is 1. The van der Waals surface area contributed by atoms with E-state index in [2.05, 4.69) is 10.3 Å². The van der Waals surface area contributed by atoms with Gasteiger partial charge in [0.2, 0.25) is 5.91 Å². The largest absolute Gasteiger partial charge is 0.359 e. The van der Waals surface area contributed by atoms with Gasteiger partial charge in [0.15, 0.2) is 0 Å². The fourth-order valence-electron chi connectivity index (χ4n) is 0.921. The van der Waals surface area contributed by atoms with Gasteiger partial charge in [-0.25, -0.2) is 4.39 Å². The third-order valence-electron chi connectivity index (χ3n) is 1.68. The predicted octanol–water partition coefficient (Wildman–Crippen LogP) is 0.899. The van der Waals surface area contributed by atoms with E-state index in [0.29, 0.717) is 12.8 Å². The fourth-order valence-corrected chi connectivity index (χ4v) is 0.921. The molecule has 0 spiro atoms. The van der Waals surface area contributed by atoms with E-state index >= 15 is 0 Å². The highest BCUT2D eigenvalue weighted by Crippen LogP contribution is 2.00. The van der Waals surface area contributed by atoms with E-state index in [4.69, 9.17) is 0 Å². The maximum Gasteiger partial charge on any atom is 0.220 e. The molecule has 0 atom stereocenters. The lowest BCUT2D eigenvalue weighted by Crippen LogP contribution is -2.18. The maximum absolute atomic E-state index is 12.4. The number of carbonyl (C=O) groups is 1. The summed E-state index contributed by atoms with van der Waals surface area (Å²) in [5, 5.41) is 2.51. The first-order chi connectivity index (χ1) is 6.22. The molecule has 1 amide bonds. The minimum Gasteiger partial charge on any atom is -0.359 e. The van der Waals surface area contributed by atoms with Crippen molar-refractivity contribution in [3.05, 3.63) is 29.8 Å². The van der Waals surface area contributed by atoms with Gasteiger partial charge in [-0.05, 0) is 18.6 Å². The second kappa shape index (κ2) is 4.54. The highest BCUT2D eigenvalue weighted by molar-refractivity contribution is 5.75. The fraction of sp³-hybridized carbons (Fsp3) is 0.333. The van der Waals surface area contributed by atoms with Crippen molar-refractivity contribution in [2.75, 3.05) is 7.05 Å². The lowest BCUT2D eigenvalue weighted by atomic mass is 10.2. The first kappa shape index (κ1) is 9.64. The number of aryl methyl sites for hydroxylation is 1. The van der Waals surface area contributed by atoms with E-state index < -0.39 is 0 Å². The van der Waals surface area contributed by atoms with Gasteiger partial charge in [-0.3, -0.25) is 9.78 Å². The molecule has 0 aliphatic carbocycles. The molecule has 3 nitrogen and oxygen atoms in total. The Balaban J connectivity index is 2.46. The topological polar surface area (TPSA) is 42.0 Å². The molecule has 1 rings (SSSR count). The van der Waals surface area contributed by atoms with Gasteiger partial charge in [0.05, 0.1) is 6.20 Å². The van der Waals surface area contributed by atoms with Gasteiger partial charge in [0.25, 0.3) is 0 Å². The number of nitrogens with one attached hydrogen (secondary N) is 1. The summed E-state index contributed by atoms with van der Waals surface area (Å²) in [5.74, 6) is -0.394. The summed E-state index contributed by atoms with van der Waals surface area (Å²) < 4.78 is 12.4. The summed E-state index contributed by atoms with van der Waals surface area (Å²) in [4.78, 5) is 14.7. The van der Waals surface area contributed by atoms with Gasteiger partial charge < -0.3 is 5.32 Å². The van der Waals surface area contributed by atoms with Crippen LogP contribution in [0.1, 0.15) is 12.1 Å². The van der Waals surface area contributed by atoms with Gasteiger partial charge in [0.1, 0.15) is 5.82 Å². The van der Waals surface area contributed by atoms with Crippen molar-refractivity contribution >= 4 is 5.91 Å². The molecule has 1 heterocycles. The van der Waals surface area contributed by atoms with Crippen LogP contribution in [-0.4, -0.2) is 17.9 Å². The summed E-state index contributed by atoms with van der Waals surface area (Å²) in [5.41, 5.74) is 0.727. The Labute approximate surface area is 76.0 Å². The number of pyridine rings is 1. The Morgan fingerprint density at radius 1 is 1.62 bits per heavy atom. The van der Waals surface area contributed by atoms with E-state index in [9.17, 15) is 9.18 Å². The van der Waals surface area contributed by atoms with Gasteiger partial charge in [-0.15, -0.1) is 0 Å². The molecule has 0 aromatic carbocycles. The second-order valence-electron chi connectivity index (χ2n) is 2.64. The van der Waals surface area contributed by atoms with Crippen LogP contribution in [0.3, 0.4) is 0 Å². The van der Waals surface area contributed by atoms with Crippen LogP contribution in [-0.2, 0) is 11.2 Å². The van der Waals surface area contributed by atoms with Crippen LogP contribution in [0.2, 0.25) is 0 Å². The van der Waals surface area contributed by atoms with Crippen LogP contribution in [0.5, 0.6) is 0 Å². The lowest BCUT2D eigenvalue weighted by Gasteiger charge is -1.99. The SMILES string of the molecule is CNC(=O)CCc1ccc(F)cn1. The Morgan fingerprint density at radius 2 is 2.38 bits per heavy atom. The number of rotatable bonds is 3. The molecule has 4 heteroatoms. The average molecular weight is 182 g/mol. The Hall–Kier alpha value is -1.45. The third kappa shape index (κ3) is 3.19. The molecule has 0 unspecified atom stereocenters. The van der Waals surface area contributed by atoms with Crippen molar-refractivity contribution in [3.63, 3.8) is 0 Å². The minimum atomic E-state index is -0.358. The van der Waals surface area contributed by atoms with E-state index in [0.717, 1.165) is 11.9 Å². The highest BCUT2D eigenvalue weighted by Gasteiger charge is 2.00. The summed E-state index contributed by atoms with van der Waals surface area (Å²) in [6.07, 6.45) is 2.08. The molecule has 0 bridgehead atoms.